The highest BCUT2D eigenvalue weighted by Crippen LogP contribution is 2.47. The number of rotatable bonds is 9. The zero-order chi connectivity index (χ0) is 20.1. The molecule has 1 heterocycles. The lowest BCUT2D eigenvalue weighted by molar-refractivity contribution is -0.148. The molecule has 150 valence electrons. The molecule has 1 fully saturated rings. The predicted molar refractivity (Wildman–Crippen MR) is 107 cm³/mol. The number of carbonyl (C=O) groups is 2. The van der Waals surface area contributed by atoms with Gasteiger partial charge in [0.2, 0.25) is 5.91 Å². The minimum absolute atomic E-state index is 0.107. The third-order valence-corrected chi connectivity index (χ3v) is 5.03. The summed E-state index contributed by atoms with van der Waals surface area (Å²) in [6.45, 7) is 5.84. The highest BCUT2D eigenvalue weighted by molar-refractivity contribution is 5.78. The Morgan fingerprint density at radius 3 is 2.54 bits per heavy atom. The van der Waals surface area contributed by atoms with E-state index in [2.05, 4.69) is 12.2 Å². The fourth-order valence-corrected chi connectivity index (χ4v) is 3.37. The first-order valence-corrected chi connectivity index (χ1v) is 10.0. The molecule has 3 atom stereocenters. The molecule has 3 rings (SSSR count). The Morgan fingerprint density at radius 1 is 1.18 bits per heavy atom. The number of nitrogens with one attached hydrogen (secondary N) is 1. The maximum absolute atomic E-state index is 12.5. The van der Waals surface area contributed by atoms with Crippen LogP contribution in [0.1, 0.15) is 69.1 Å². The smallest absolute Gasteiger partial charge is 0.308 e. The van der Waals surface area contributed by atoms with Gasteiger partial charge < -0.3 is 14.5 Å². The lowest BCUT2D eigenvalue weighted by Crippen LogP contribution is -2.31. The maximum Gasteiger partial charge on any atom is 0.308 e. The van der Waals surface area contributed by atoms with Crippen molar-refractivity contribution in [3.05, 3.63) is 59.5 Å². The molecule has 1 saturated carbocycles. The van der Waals surface area contributed by atoms with Crippen LogP contribution in [0, 0.1) is 5.92 Å². The summed E-state index contributed by atoms with van der Waals surface area (Å²) in [7, 11) is 0. The van der Waals surface area contributed by atoms with Crippen molar-refractivity contribution in [1.82, 2.24) is 5.32 Å². The second-order valence-corrected chi connectivity index (χ2v) is 7.90. The molecule has 0 spiro atoms. The zero-order valence-corrected chi connectivity index (χ0v) is 16.8. The van der Waals surface area contributed by atoms with Crippen LogP contribution in [-0.4, -0.2) is 18.0 Å². The van der Waals surface area contributed by atoms with Crippen LogP contribution < -0.4 is 5.32 Å². The summed E-state index contributed by atoms with van der Waals surface area (Å²) in [6, 6.07) is 13.1. The standard InChI is InChI=1S/C23H29NO4/c1-15(2)27-23(26)14-20(17-7-5-4-6-8-17)24-22(25)12-10-18-9-11-21(28-18)19-13-16(19)3/h4-9,11,15-16,19-20H,10,12-14H2,1-3H3,(H,24,25). The van der Waals surface area contributed by atoms with Gasteiger partial charge in [-0.2, -0.15) is 0 Å². The summed E-state index contributed by atoms with van der Waals surface area (Å²) in [4.78, 5) is 24.6. The molecule has 1 aromatic heterocycles. The molecule has 5 heteroatoms. The Balaban J connectivity index is 1.55. The van der Waals surface area contributed by atoms with Gasteiger partial charge in [0.15, 0.2) is 0 Å². The molecule has 0 saturated heterocycles. The van der Waals surface area contributed by atoms with E-state index in [1.165, 1.54) is 6.42 Å². The number of aryl methyl sites for hydroxylation is 1. The molecule has 1 amide bonds. The summed E-state index contributed by atoms with van der Waals surface area (Å²) in [5.41, 5.74) is 0.888. The van der Waals surface area contributed by atoms with E-state index in [9.17, 15) is 9.59 Å². The number of ether oxygens (including phenoxy) is 1. The Morgan fingerprint density at radius 2 is 1.89 bits per heavy atom. The van der Waals surface area contributed by atoms with Gasteiger partial charge in [0, 0.05) is 18.8 Å². The Labute approximate surface area is 166 Å². The fourth-order valence-electron chi connectivity index (χ4n) is 3.37. The van der Waals surface area contributed by atoms with E-state index in [4.69, 9.17) is 9.15 Å². The normalized spacial score (nSPS) is 19.3. The molecule has 0 bridgehead atoms. The largest absolute Gasteiger partial charge is 0.466 e. The van der Waals surface area contributed by atoms with Crippen molar-refractivity contribution in [2.45, 2.75) is 64.5 Å². The minimum atomic E-state index is -0.403. The van der Waals surface area contributed by atoms with Gasteiger partial charge in [-0.25, -0.2) is 0 Å². The summed E-state index contributed by atoms with van der Waals surface area (Å²) < 4.78 is 11.1. The quantitative estimate of drug-likeness (QED) is 0.646. The number of furan rings is 1. The molecule has 1 aliphatic rings. The Hall–Kier alpha value is -2.56. The summed E-state index contributed by atoms with van der Waals surface area (Å²) >= 11 is 0. The van der Waals surface area contributed by atoms with Gasteiger partial charge in [-0.1, -0.05) is 37.3 Å². The van der Waals surface area contributed by atoms with Gasteiger partial charge in [-0.15, -0.1) is 0 Å². The van der Waals surface area contributed by atoms with Crippen LogP contribution >= 0.6 is 0 Å². The Bertz CT molecular complexity index is 796. The van der Waals surface area contributed by atoms with Crippen LogP contribution in [0.5, 0.6) is 0 Å². The molecular weight excluding hydrogens is 354 g/mol. The first kappa shape index (κ1) is 20.2. The molecule has 1 N–H and O–H groups in total. The van der Waals surface area contributed by atoms with Crippen molar-refractivity contribution in [2.75, 3.05) is 0 Å². The van der Waals surface area contributed by atoms with E-state index in [1.807, 2.05) is 56.3 Å². The van der Waals surface area contributed by atoms with Crippen LogP contribution in [-0.2, 0) is 20.7 Å². The van der Waals surface area contributed by atoms with Crippen molar-refractivity contribution in [1.29, 1.82) is 0 Å². The summed E-state index contributed by atoms with van der Waals surface area (Å²) in [6.07, 6.45) is 1.97. The van der Waals surface area contributed by atoms with Crippen molar-refractivity contribution >= 4 is 11.9 Å². The van der Waals surface area contributed by atoms with E-state index >= 15 is 0 Å². The lowest BCUT2D eigenvalue weighted by Gasteiger charge is -2.19. The van der Waals surface area contributed by atoms with Gasteiger partial charge in [0.1, 0.15) is 11.5 Å². The van der Waals surface area contributed by atoms with Crippen molar-refractivity contribution in [2.24, 2.45) is 5.92 Å². The third-order valence-electron chi connectivity index (χ3n) is 5.03. The molecule has 2 aromatic rings. The first-order chi connectivity index (χ1) is 13.4. The van der Waals surface area contributed by atoms with E-state index in [1.54, 1.807) is 0 Å². The first-order valence-electron chi connectivity index (χ1n) is 10.0. The van der Waals surface area contributed by atoms with Crippen LogP contribution in [0.4, 0.5) is 0 Å². The molecule has 0 aliphatic heterocycles. The summed E-state index contributed by atoms with van der Waals surface area (Å²) in [5.74, 6) is 2.67. The van der Waals surface area contributed by atoms with Crippen LogP contribution in [0.3, 0.4) is 0 Å². The van der Waals surface area contributed by atoms with E-state index in [-0.39, 0.29) is 24.4 Å². The number of hydrogen-bond acceptors (Lipinski definition) is 4. The van der Waals surface area contributed by atoms with E-state index in [0.717, 1.165) is 17.1 Å². The maximum atomic E-state index is 12.5. The molecule has 1 aromatic carbocycles. The second-order valence-electron chi connectivity index (χ2n) is 7.90. The third kappa shape index (κ3) is 5.72. The number of amides is 1. The number of esters is 1. The molecule has 3 unspecified atom stereocenters. The number of carbonyl (C=O) groups excluding carboxylic acids is 2. The fraction of sp³-hybridized carbons (Fsp3) is 0.478. The second kappa shape index (κ2) is 9.09. The molecule has 5 nitrogen and oxygen atoms in total. The molecular formula is C23H29NO4. The van der Waals surface area contributed by atoms with Crippen LogP contribution in [0.25, 0.3) is 0 Å². The van der Waals surface area contributed by atoms with E-state index in [0.29, 0.717) is 24.7 Å². The highest BCUT2D eigenvalue weighted by atomic mass is 16.5. The highest BCUT2D eigenvalue weighted by Gasteiger charge is 2.36. The van der Waals surface area contributed by atoms with Gasteiger partial charge >= 0.3 is 5.97 Å². The van der Waals surface area contributed by atoms with Gasteiger partial charge in [0.05, 0.1) is 18.6 Å². The van der Waals surface area contributed by atoms with E-state index < -0.39 is 6.04 Å². The topological polar surface area (TPSA) is 68.5 Å². The van der Waals surface area contributed by atoms with Crippen molar-refractivity contribution in [3.8, 4) is 0 Å². The molecule has 0 radical (unpaired) electrons. The minimum Gasteiger partial charge on any atom is -0.466 e. The van der Waals surface area contributed by atoms with Gasteiger partial charge in [-0.05, 0) is 43.9 Å². The molecule has 1 aliphatic carbocycles. The van der Waals surface area contributed by atoms with Gasteiger partial charge in [0.25, 0.3) is 0 Å². The summed E-state index contributed by atoms with van der Waals surface area (Å²) in [5, 5.41) is 2.98. The molecule has 28 heavy (non-hydrogen) atoms. The van der Waals surface area contributed by atoms with Crippen molar-refractivity contribution < 1.29 is 18.7 Å². The predicted octanol–water partition coefficient (Wildman–Crippen LogP) is 4.53. The Kier molecular flexibility index (Phi) is 6.55. The average Bonchev–Trinajstić information content (AvgIpc) is 3.19. The van der Waals surface area contributed by atoms with Crippen LogP contribution in [0.2, 0.25) is 0 Å². The monoisotopic (exact) mass is 383 g/mol. The zero-order valence-electron chi connectivity index (χ0n) is 16.8. The van der Waals surface area contributed by atoms with Crippen molar-refractivity contribution in [3.63, 3.8) is 0 Å². The number of hydrogen-bond donors (Lipinski definition) is 1. The van der Waals surface area contributed by atoms with Crippen LogP contribution in [0.15, 0.2) is 46.9 Å². The number of benzene rings is 1. The SMILES string of the molecule is CC(C)OC(=O)CC(NC(=O)CCc1ccc(C2CC2C)o1)c1ccccc1. The van der Waals surface area contributed by atoms with Gasteiger partial charge in [-0.3, -0.25) is 9.59 Å². The lowest BCUT2D eigenvalue weighted by atomic mass is 10.0. The average molecular weight is 383 g/mol.